The second-order valence-corrected chi connectivity index (χ2v) is 8.76. The Labute approximate surface area is 212 Å². The SMILES string of the molecule is CCCCCCCCOc1ccc(OC(=O)c2ccc(N=Nc3ccc(N(C)C)cc3)cc2)c(F)c1. The number of azo groups is 1. The maximum Gasteiger partial charge on any atom is 0.343 e. The highest BCUT2D eigenvalue weighted by atomic mass is 19.1. The van der Waals surface area contributed by atoms with E-state index in [0.717, 1.165) is 24.2 Å². The molecule has 0 radical (unpaired) electrons. The summed E-state index contributed by atoms with van der Waals surface area (Å²) >= 11 is 0. The molecular weight excluding hydrogens is 457 g/mol. The molecule has 0 saturated heterocycles. The van der Waals surface area contributed by atoms with E-state index < -0.39 is 11.8 Å². The van der Waals surface area contributed by atoms with Crippen LogP contribution in [0.25, 0.3) is 0 Å². The van der Waals surface area contributed by atoms with E-state index in [1.54, 1.807) is 30.3 Å². The predicted molar refractivity (Wildman–Crippen MR) is 142 cm³/mol. The smallest absolute Gasteiger partial charge is 0.343 e. The average molecular weight is 492 g/mol. The Morgan fingerprint density at radius 2 is 1.44 bits per heavy atom. The molecular formula is C29H34FN3O3. The molecule has 3 rings (SSSR count). The third-order valence-corrected chi connectivity index (χ3v) is 5.62. The van der Waals surface area contributed by atoms with E-state index in [9.17, 15) is 9.18 Å². The van der Waals surface area contributed by atoms with Gasteiger partial charge in [0, 0.05) is 25.8 Å². The second kappa shape index (κ2) is 14.0. The maximum absolute atomic E-state index is 14.4. The Balaban J connectivity index is 1.49. The number of anilines is 1. The lowest BCUT2D eigenvalue weighted by Crippen LogP contribution is -2.09. The molecule has 0 aliphatic rings. The monoisotopic (exact) mass is 491 g/mol. The van der Waals surface area contributed by atoms with Crippen LogP contribution in [0.15, 0.2) is 77.0 Å². The topological polar surface area (TPSA) is 63.5 Å². The van der Waals surface area contributed by atoms with Gasteiger partial charge in [0.15, 0.2) is 11.6 Å². The van der Waals surface area contributed by atoms with E-state index in [4.69, 9.17) is 9.47 Å². The van der Waals surface area contributed by atoms with Gasteiger partial charge < -0.3 is 14.4 Å². The highest BCUT2D eigenvalue weighted by Crippen LogP contribution is 2.25. The van der Waals surface area contributed by atoms with Crippen molar-refractivity contribution in [3.8, 4) is 11.5 Å². The molecule has 0 spiro atoms. The number of rotatable bonds is 13. The average Bonchev–Trinajstić information content (AvgIpc) is 2.89. The Hall–Kier alpha value is -3.74. The molecule has 0 aliphatic heterocycles. The fourth-order valence-corrected chi connectivity index (χ4v) is 3.48. The van der Waals surface area contributed by atoms with Crippen LogP contribution < -0.4 is 14.4 Å². The minimum atomic E-state index is -0.655. The molecule has 0 heterocycles. The number of nitrogens with zero attached hydrogens (tertiary/aromatic N) is 3. The molecule has 0 atom stereocenters. The van der Waals surface area contributed by atoms with Crippen molar-refractivity contribution < 1.29 is 18.7 Å². The molecule has 0 fully saturated rings. The first-order valence-electron chi connectivity index (χ1n) is 12.4. The summed E-state index contributed by atoms with van der Waals surface area (Å²) in [4.78, 5) is 14.5. The van der Waals surface area contributed by atoms with E-state index in [-0.39, 0.29) is 11.3 Å². The number of benzene rings is 3. The van der Waals surface area contributed by atoms with Gasteiger partial charge in [0.1, 0.15) is 5.75 Å². The number of ether oxygens (including phenoxy) is 2. The summed E-state index contributed by atoms with van der Waals surface area (Å²) in [5.41, 5.74) is 2.66. The van der Waals surface area contributed by atoms with Crippen LogP contribution >= 0.6 is 0 Å². The molecule has 0 bridgehead atoms. The minimum Gasteiger partial charge on any atom is -0.493 e. The number of esters is 1. The zero-order valence-corrected chi connectivity index (χ0v) is 21.2. The first-order chi connectivity index (χ1) is 17.5. The van der Waals surface area contributed by atoms with E-state index in [0.29, 0.717) is 18.0 Å². The summed E-state index contributed by atoms with van der Waals surface area (Å²) in [5.74, 6) is -1.02. The lowest BCUT2D eigenvalue weighted by molar-refractivity contribution is 0.0727. The van der Waals surface area contributed by atoms with Gasteiger partial charge in [-0.3, -0.25) is 0 Å². The van der Waals surface area contributed by atoms with Gasteiger partial charge in [-0.2, -0.15) is 10.2 Å². The summed E-state index contributed by atoms with van der Waals surface area (Å²) in [5, 5.41) is 8.40. The number of carbonyl (C=O) groups is 1. The predicted octanol–water partition coefficient (Wildman–Crippen LogP) is 8.27. The summed E-state index contributed by atoms with van der Waals surface area (Å²) in [6.45, 7) is 2.73. The van der Waals surface area contributed by atoms with Crippen molar-refractivity contribution in [3.63, 3.8) is 0 Å². The second-order valence-electron chi connectivity index (χ2n) is 8.76. The molecule has 0 N–H and O–H groups in total. The normalized spacial score (nSPS) is 11.0. The third-order valence-electron chi connectivity index (χ3n) is 5.62. The molecule has 6 nitrogen and oxygen atoms in total. The van der Waals surface area contributed by atoms with Crippen molar-refractivity contribution in [3.05, 3.63) is 78.1 Å². The highest BCUT2D eigenvalue weighted by Gasteiger charge is 2.13. The number of carbonyl (C=O) groups excluding carboxylic acids is 1. The number of hydrogen-bond acceptors (Lipinski definition) is 6. The number of halogens is 1. The van der Waals surface area contributed by atoms with Crippen LogP contribution in [0.2, 0.25) is 0 Å². The molecule has 190 valence electrons. The van der Waals surface area contributed by atoms with Crippen molar-refractivity contribution in [1.29, 1.82) is 0 Å². The first-order valence-corrected chi connectivity index (χ1v) is 12.4. The van der Waals surface area contributed by atoms with Gasteiger partial charge in [0.05, 0.1) is 23.5 Å². The zero-order chi connectivity index (χ0) is 25.8. The zero-order valence-electron chi connectivity index (χ0n) is 21.2. The van der Waals surface area contributed by atoms with Gasteiger partial charge in [-0.1, -0.05) is 39.0 Å². The summed E-state index contributed by atoms with van der Waals surface area (Å²) in [6.07, 6.45) is 6.94. The third kappa shape index (κ3) is 8.48. The number of hydrogen-bond donors (Lipinski definition) is 0. The van der Waals surface area contributed by atoms with Crippen LogP contribution in [0.5, 0.6) is 11.5 Å². The molecule has 3 aromatic rings. The van der Waals surface area contributed by atoms with Crippen LogP contribution in [-0.4, -0.2) is 26.7 Å². The van der Waals surface area contributed by atoms with Crippen LogP contribution in [0.3, 0.4) is 0 Å². The van der Waals surface area contributed by atoms with Gasteiger partial charge in [-0.05, 0) is 67.1 Å². The molecule has 0 aliphatic carbocycles. The summed E-state index contributed by atoms with van der Waals surface area (Å²) in [6, 6.07) is 18.4. The van der Waals surface area contributed by atoms with Gasteiger partial charge in [0.25, 0.3) is 0 Å². The van der Waals surface area contributed by atoms with E-state index in [1.165, 1.54) is 37.8 Å². The fourth-order valence-electron chi connectivity index (χ4n) is 3.48. The molecule has 0 unspecified atom stereocenters. The van der Waals surface area contributed by atoms with Gasteiger partial charge in [-0.15, -0.1) is 0 Å². The Morgan fingerprint density at radius 3 is 2.06 bits per heavy atom. The van der Waals surface area contributed by atoms with Crippen molar-refractivity contribution in [2.75, 3.05) is 25.6 Å². The number of unbranched alkanes of at least 4 members (excludes halogenated alkanes) is 5. The van der Waals surface area contributed by atoms with Crippen LogP contribution in [-0.2, 0) is 0 Å². The molecule has 0 amide bonds. The minimum absolute atomic E-state index is 0.142. The molecule has 3 aromatic carbocycles. The molecule has 7 heteroatoms. The summed E-state index contributed by atoms with van der Waals surface area (Å²) < 4.78 is 25.3. The lowest BCUT2D eigenvalue weighted by Gasteiger charge is -2.11. The quantitative estimate of drug-likeness (QED) is 0.104. The van der Waals surface area contributed by atoms with Crippen molar-refractivity contribution in [1.82, 2.24) is 0 Å². The van der Waals surface area contributed by atoms with Gasteiger partial charge in [-0.25, -0.2) is 9.18 Å². The van der Waals surface area contributed by atoms with E-state index in [2.05, 4.69) is 17.2 Å². The van der Waals surface area contributed by atoms with E-state index in [1.807, 2.05) is 43.3 Å². The maximum atomic E-state index is 14.4. The largest absolute Gasteiger partial charge is 0.493 e. The standard InChI is InChI=1S/C29H34FN3O3/c1-4-5-6-7-8-9-20-35-26-18-19-28(27(30)21-26)36-29(34)22-10-12-23(13-11-22)31-32-24-14-16-25(17-15-24)33(2)3/h10-19,21H,4-9,20H2,1-3H3. The molecule has 0 aromatic heterocycles. The molecule has 0 saturated carbocycles. The Morgan fingerprint density at radius 1 is 0.833 bits per heavy atom. The van der Waals surface area contributed by atoms with E-state index >= 15 is 0 Å². The highest BCUT2D eigenvalue weighted by molar-refractivity contribution is 5.91. The summed E-state index contributed by atoms with van der Waals surface area (Å²) in [7, 11) is 3.94. The Bertz CT molecular complexity index is 1130. The van der Waals surface area contributed by atoms with Crippen LogP contribution in [0.4, 0.5) is 21.5 Å². The van der Waals surface area contributed by atoms with Crippen molar-refractivity contribution >= 4 is 23.0 Å². The Kier molecular flexibility index (Phi) is 10.4. The van der Waals surface area contributed by atoms with Crippen molar-refractivity contribution in [2.24, 2.45) is 10.2 Å². The van der Waals surface area contributed by atoms with Gasteiger partial charge >= 0.3 is 5.97 Å². The van der Waals surface area contributed by atoms with Crippen LogP contribution in [0, 0.1) is 5.82 Å². The first kappa shape index (κ1) is 26.9. The lowest BCUT2D eigenvalue weighted by atomic mass is 10.1. The van der Waals surface area contributed by atoms with Crippen LogP contribution in [0.1, 0.15) is 55.8 Å². The van der Waals surface area contributed by atoms with Crippen molar-refractivity contribution in [2.45, 2.75) is 45.4 Å². The molecule has 36 heavy (non-hydrogen) atoms. The van der Waals surface area contributed by atoms with Gasteiger partial charge in [0.2, 0.25) is 0 Å². The fraction of sp³-hybridized carbons (Fsp3) is 0.345.